The summed E-state index contributed by atoms with van der Waals surface area (Å²) in [5, 5.41) is 0. The van der Waals surface area contributed by atoms with Gasteiger partial charge in [0.2, 0.25) is 0 Å². The average Bonchev–Trinajstić information content (AvgIpc) is 2.31. The van der Waals surface area contributed by atoms with Gasteiger partial charge in [-0.2, -0.15) is 0 Å². The predicted octanol–water partition coefficient (Wildman–Crippen LogP) is 3.90. The molecule has 0 fully saturated rings. The minimum atomic E-state index is -0.303. The number of benzene rings is 2. The van der Waals surface area contributed by atoms with Crippen LogP contribution in [0.15, 0.2) is 48.5 Å². The Kier molecular flexibility index (Phi) is 5.80. The summed E-state index contributed by atoms with van der Waals surface area (Å²) >= 11 is 0. The van der Waals surface area contributed by atoms with Gasteiger partial charge < -0.3 is 4.74 Å². The molecule has 0 spiro atoms. The van der Waals surface area contributed by atoms with E-state index in [0.29, 0.717) is 0 Å². The molecule has 2 radical (unpaired) electrons. The van der Waals surface area contributed by atoms with Gasteiger partial charge in [-0.1, -0.05) is 30.3 Å². The van der Waals surface area contributed by atoms with E-state index in [2.05, 4.69) is 12.1 Å². The summed E-state index contributed by atoms with van der Waals surface area (Å²) in [6.45, 7) is 4.02. The molecular formula is C15H15FO. The van der Waals surface area contributed by atoms with Crippen LogP contribution in [0.5, 0.6) is 5.75 Å². The fourth-order valence-electron chi connectivity index (χ4n) is 1.09. The molecule has 0 bridgehead atoms. The van der Waals surface area contributed by atoms with Gasteiger partial charge in [0.05, 0.1) is 6.10 Å². The van der Waals surface area contributed by atoms with E-state index in [0.717, 1.165) is 5.75 Å². The van der Waals surface area contributed by atoms with E-state index in [1.165, 1.54) is 12.1 Å². The molecule has 0 aromatic heterocycles. The maximum Gasteiger partial charge on any atom is 0.131 e. The molecule has 0 aliphatic carbocycles. The molecule has 0 atom stereocenters. The van der Waals surface area contributed by atoms with Gasteiger partial charge in [0.1, 0.15) is 11.6 Å². The van der Waals surface area contributed by atoms with Crippen LogP contribution in [0.25, 0.3) is 0 Å². The summed E-state index contributed by atoms with van der Waals surface area (Å²) in [5.41, 5.74) is 0. The van der Waals surface area contributed by atoms with Crippen molar-refractivity contribution in [2.24, 2.45) is 0 Å². The van der Waals surface area contributed by atoms with Crippen molar-refractivity contribution in [2.45, 2.75) is 20.0 Å². The third-order valence-electron chi connectivity index (χ3n) is 1.73. The molecule has 2 heteroatoms. The van der Waals surface area contributed by atoms with Gasteiger partial charge in [0.15, 0.2) is 0 Å². The van der Waals surface area contributed by atoms with Gasteiger partial charge in [-0.3, -0.25) is 0 Å². The average molecular weight is 230 g/mol. The first kappa shape index (κ1) is 13.2. The number of hydrogen-bond acceptors (Lipinski definition) is 1. The van der Waals surface area contributed by atoms with Crippen LogP contribution in [0.4, 0.5) is 4.39 Å². The second-order valence-electron chi connectivity index (χ2n) is 3.61. The molecule has 0 N–H and O–H groups in total. The van der Waals surface area contributed by atoms with Gasteiger partial charge in [-0.15, -0.1) is 0 Å². The molecule has 2 aromatic rings. The SMILES string of the molecule is CC(C)Oc1cc[c]cc1.Fc1[c]cccc1. The van der Waals surface area contributed by atoms with Crippen molar-refractivity contribution in [3.63, 3.8) is 0 Å². The monoisotopic (exact) mass is 230 g/mol. The lowest BCUT2D eigenvalue weighted by Gasteiger charge is -2.07. The minimum absolute atomic E-state index is 0.252. The molecule has 0 unspecified atom stereocenters. The Morgan fingerprint density at radius 1 is 1.06 bits per heavy atom. The normalized spacial score (nSPS) is 9.41. The molecule has 0 saturated carbocycles. The summed E-state index contributed by atoms with van der Waals surface area (Å²) in [5.74, 6) is 0.608. The standard InChI is InChI=1S/C9H11O.C6H4F/c1-8(2)10-9-6-4-3-5-7-9;7-6-4-2-1-3-5-6/h4-8H,1-2H3;1-4H. The van der Waals surface area contributed by atoms with Crippen LogP contribution >= 0.6 is 0 Å². The maximum absolute atomic E-state index is 11.9. The fraction of sp³-hybridized carbons (Fsp3) is 0.200. The van der Waals surface area contributed by atoms with Gasteiger partial charge in [-0.25, -0.2) is 4.39 Å². The molecule has 0 aliphatic rings. The molecule has 17 heavy (non-hydrogen) atoms. The third kappa shape index (κ3) is 6.36. The zero-order valence-electron chi connectivity index (χ0n) is 9.98. The van der Waals surface area contributed by atoms with E-state index in [1.807, 2.05) is 38.1 Å². The van der Waals surface area contributed by atoms with E-state index in [4.69, 9.17) is 4.74 Å². The van der Waals surface area contributed by atoms with Gasteiger partial charge >= 0.3 is 0 Å². The van der Waals surface area contributed by atoms with Gasteiger partial charge in [0.25, 0.3) is 0 Å². The van der Waals surface area contributed by atoms with Crippen molar-refractivity contribution >= 4 is 0 Å². The van der Waals surface area contributed by atoms with Crippen LogP contribution in [-0.4, -0.2) is 6.10 Å². The lowest BCUT2D eigenvalue weighted by atomic mass is 10.3. The summed E-state index contributed by atoms with van der Waals surface area (Å²) in [6, 6.07) is 19.0. The molecule has 2 rings (SSSR count). The summed E-state index contributed by atoms with van der Waals surface area (Å²) in [6.07, 6.45) is 0.252. The molecule has 0 heterocycles. The topological polar surface area (TPSA) is 9.23 Å². The predicted molar refractivity (Wildman–Crippen MR) is 66.3 cm³/mol. The highest BCUT2D eigenvalue weighted by atomic mass is 19.1. The Labute approximate surface area is 102 Å². The Morgan fingerprint density at radius 2 is 1.76 bits per heavy atom. The first-order valence-electron chi connectivity index (χ1n) is 5.43. The quantitative estimate of drug-likeness (QED) is 0.760. The van der Waals surface area contributed by atoms with Crippen LogP contribution in [-0.2, 0) is 0 Å². The molecule has 2 aromatic carbocycles. The van der Waals surface area contributed by atoms with E-state index in [-0.39, 0.29) is 11.9 Å². The molecular weight excluding hydrogens is 215 g/mol. The first-order valence-corrected chi connectivity index (χ1v) is 5.43. The zero-order chi connectivity index (χ0) is 12.5. The van der Waals surface area contributed by atoms with Crippen LogP contribution in [0, 0.1) is 17.9 Å². The second kappa shape index (κ2) is 7.44. The largest absolute Gasteiger partial charge is 0.491 e. The fourth-order valence-corrected chi connectivity index (χ4v) is 1.09. The Hall–Kier alpha value is -1.83. The molecule has 1 nitrogen and oxygen atoms in total. The van der Waals surface area contributed by atoms with Crippen molar-refractivity contribution < 1.29 is 9.13 Å². The maximum atomic E-state index is 11.9. The van der Waals surface area contributed by atoms with Crippen LogP contribution < -0.4 is 4.74 Å². The Morgan fingerprint density at radius 3 is 2.18 bits per heavy atom. The van der Waals surface area contributed by atoms with E-state index < -0.39 is 0 Å². The van der Waals surface area contributed by atoms with Crippen molar-refractivity contribution in [1.29, 1.82) is 0 Å². The highest BCUT2D eigenvalue weighted by Gasteiger charge is 1.93. The molecule has 88 valence electrons. The first-order chi connectivity index (χ1) is 8.18. The lowest BCUT2D eigenvalue weighted by Crippen LogP contribution is -2.04. The minimum Gasteiger partial charge on any atom is -0.491 e. The van der Waals surface area contributed by atoms with Crippen LogP contribution in [0.3, 0.4) is 0 Å². The van der Waals surface area contributed by atoms with Crippen LogP contribution in [0.1, 0.15) is 13.8 Å². The molecule has 0 amide bonds. The molecule has 0 aliphatic heterocycles. The van der Waals surface area contributed by atoms with Crippen molar-refractivity contribution in [3.05, 3.63) is 66.5 Å². The number of ether oxygens (including phenoxy) is 1. The number of rotatable bonds is 2. The highest BCUT2D eigenvalue weighted by molar-refractivity contribution is 5.20. The van der Waals surface area contributed by atoms with E-state index >= 15 is 0 Å². The van der Waals surface area contributed by atoms with Crippen LogP contribution in [0.2, 0.25) is 0 Å². The van der Waals surface area contributed by atoms with Crippen molar-refractivity contribution in [3.8, 4) is 5.75 Å². The number of halogens is 1. The third-order valence-corrected chi connectivity index (χ3v) is 1.73. The summed E-state index contributed by atoms with van der Waals surface area (Å²) in [4.78, 5) is 0. The lowest BCUT2D eigenvalue weighted by molar-refractivity contribution is 0.242. The highest BCUT2D eigenvalue weighted by Crippen LogP contribution is 2.09. The van der Waals surface area contributed by atoms with E-state index in [1.54, 1.807) is 12.1 Å². The Bertz CT molecular complexity index is 398. The zero-order valence-corrected chi connectivity index (χ0v) is 9.98. The van der Waals surface area contributed by atoms with Crippen molar-refractivity contribution in [2.75, 3.05) is 0 Å². The van der Waals surface area contributed by atoms with Gasteiger partial charge in [-0.05, 0) is 38.1 Å². The van der Waals surface area contributed by atoms with Gasteiger partial charge in [0, 0.05) is 6.07 Å². The van der Waals surface area contributed by atoms with E-state index in [9.17, 15) is 4.39 Å². The van der Waals surface area contributed by atoms with Crippen molar-refractivity contribution in [1.82, 2.24) is 0 Å². The summed E-state index contributed by atoms with van der Waals surface area (Å²) in [7, 11) is 0. The molecule has 0 saturated heterocycles. The number of hydrogen-bond donors (Lipinski definition) is 0. The summed E-state index contributed by atoms with van der Waals surface area (Å²) < 4.78 is 17.2. The second-order valence-corrected chi connectivity index (χ2v) is 3.61. The smallest absolute Gasteiger partial charge is 0.131 e. The Balaban J connectivity index is 0.000000181.